The molecule has 2 fully saturated rings. The molecule has 0 bridgehead atoms. The van der Waals surface area contributed by atoms with Gasteiger partial charge in [-0.15, -0.1) is 0 Å². The molecule has 4 N–H and O–H groups in total. The highest BCUT2D eigenvalue weighted by Gasteiger charge is 2.51. The van der Waals surface area contributed by atoms with Crippen molar-refractivity contribution < 1.29 is 19.9 Å². The fourth-order valence-electron chi connectivity index (χ4n) is 5.24. The average molecular weight is 404 g/mol. The van der Waals surface area contributed by atoms with Gasteiger partial charge in [-0.2, -0.15) is 0 Å². The Bertz CT molecular complexity index is 682. The zero-order chi connectivity index (χ0) is 20.7. The molecule has 1 unspecified atom stereocenters. The van der Waals surface area contributed by atoms with E-state index in [0.717, 1.165) is 62.6 Å². The summed E-state index contributed by atoms with van der Waals surface area (Å²) in [5, 5.41) is 22.4. The summed E-state index contributed by atoms with van der Waals surface area (Å²) in [6.45, 7) is 0.427. The van der Waals surface area contributed by atoms with Gasteiger partial charge in [0.05, 0.1) is 5.69 Å². The Labute approximate surface area is 172 Å². The van der Waals surface area contributed by atoms with E-state index in [4.69, 9.17) is 5.21 Å². The number of carboxylic acids is 1. The number of hydrogen-bond acceptors (Lipinski definition) is 5. The number of aliphatic carboxylic acids is 1. The Morgan fingerprint density at radius 1 is 1.03 bits per heavy atom. The van der Waals surface area contributed by atoms with Crippen LogP contribution in [0.25, 0.3) is 0 Å². The van der Waals surface area contributed by atoms with E-state index in [1.807, 2.05) is 12.1 Å². The number of carboxylic acid groups (broad SMARTS) is 1. The second kappa shape index (κ2) is 10.2. The third-order valence-electron chi connectivity index (χ3n) is 6.82. The van der Waals surface area contributed by atoms with Gasteiger partial charge in [0.25, 0.3) is 0 Å². The predicted octanol–water partition coefficient (Wildman–Crippen LogP) is 3.20. The number of rotatable bonds is 9. The van der Waals surface area contributed by atoms with E-state index in [0.29, 0.717) is 13.0 Å². The number of aromatic nitrogens is 1. The number of aryl methyl sites for hydroxylation is 1. The van der Waals surface area contributed by atoms with E-state index in [9.17, 15) is 14.7 Å². The minimum absolute atomic E-state index is 0.174. The topological polar surface area (TPSA) is 112 Å². The van der Waals surface area contributed by atoms with E-state index >= 15 is 0 Å². The summed E-state index contributed by atoms with van der Waals surface area (Å²) in [5.74, 6) is -0.776. The third kappa shape index (κ3) is 5.14. The minimum Gasteiger partial charge on any atom is -0.480 e. The van der Waals surface area contributed by atoms with Gasteiger partial charge in [0.1, 0.15) is 5.54 Å². The normalized spacial score (nSPS) is 20.3. The van der Waals surface area contributed by atoms with Crippen LogP contribution >= 0.6 is 0 Å². The van der Waals surface area contributed by atoms with Crippen LogP contribution in [0.3, 0.4) is 0 Å². The Kier molecular flexibility index (Phi) is 7.61. The van der Waals surface area contributed by atoms with Gasteiger partial charge in [0.2, 0.25) is 5.91 Å². The molecule has 1 atom stereocenters. The molecule has 1 amide bonds. The zero-order valence-corrected chi connectivity index (χ0v) is 17.0. The lowest BCUT2D eigenvalue weighted by atomic mass is 9.67. The monoisotopic (exact) mass is 403 g/mol. The molecule has 7 heteroatoms. The van der Waals surface area contributed by atoms with Crippen molar-refractivity contribution in [1.82, 2.24) is 15.8 Å². The molecule has 3 rings (SSSR count). The molecule has 1 aromatic heterocycles. The number of hydrogen-bond donors (Lipinski definition) is 4. The van der Waals surface area contributed by atoms with Crippen LogP contribution in [0.15, 0.2) is 18.3 Å². The number of hydroxylamine groups is 1. The van der Waals surface area contributed by atoms with Gasteiger partial charge in [-0.25, -0.2) is 5.48 Å². The Hall–Kier alpha value is -1.99. The van der Waals surface area contributed by atoms with Crippen LogP contribution in [-0.4, -0.2) is 32.7 Å². The van der Waals surface area contributed by atoms with Crippen LogP contribution < -0.4 is 10.8 Å². The summed E-state index contributed by atoms with van der Waals surface area (Å²) >= 11 is 0. The Morgan fingerprint density at radius 2 is 1.66 bits per heavy atom. The quantitative estimate of drug-likeness (QED) is 0.372. The van der Waals surface area contributed by atoms with Gasteiger partial charge in [0, 0.05) is 19.2 Å². The zero-order valence-electron chi connectivity index (χ0n) is 17.0. The maximum absolute atomic E-state index is 12.6. The maximum Gasteiger partial charge on any atom is 0.324 e. The third-order valence-corrected chi connectivity index (χ3v) is 6.82. The van der Waals surface area contributed by atoms with Crippen LogP contribution in [0.4, 0.5) is 0 Å². The number of carbonyl (C=O) groups excluding carboxylic acids is 1. The molecule has 0 radical (unpaired) electrons. The lowest BCUT2D eigenvalue weighted by Gasteiger charge is -2.44. The summed E-state index contributed by atoms with van der Waals surface area (Å²) in [7, 11) is 0. The number of nitrogens with one attached hydrogen (secondary N) is 2. The van der Waals surface area contributed by atoms with E-state index < -0.39 is 17.4 Å². The SMILES string of the molecule is O=C(CCc1ccc(CNC(C(=O)O)(C2CCCCC2)C2CCCC2)nc1)NO. The Balaban J connectivity index is 1.70. The van der Waals surface area contributed by atoms with Crippen LogP contribution in [0.1, 0.15) is 75.5 Å². The smallest absolute Gasteiger partial charge is 0.324 e. The molecule has 2 saturated carbocycles. The highest BCUT2D eigenvalue weighted by molar-refractivity contribution is 5.80. The standard InChI is InChI=1S/C22H33N3O4/c26-20(25-29)13-11-16-10-12-19(23-14-16)15-24-22(21(27)28,18-8-4-5-9-18)17-6-2-1-3-7-17/h10,12,14,17-18,24,29H,1-9,11,13,15H2,(H,25,26)(H,27,28). The first-order chi connectivity index (χ1) is 14.1. The van der Waals surface area contributed by atoms with Crippen molar-refractivity contribution in [3.05, 3.63) is 29.6 Å². The van der Waals surface area contributed by atoms with E-state index in [1.54, 1.807) is 11.7 Å². The second-order valence-electron chi connectivity index (χ2n) is 8.54. The van der Waals surface area contributed by atoms with Gasteiger partial charge >= 0.3 is 5.97 Å². The summed E-state index contributed by atoms with van der Waals surface area (Å²) < 4.78 is 0. The Morgan fingerprint density at radius 3 is 2.17 bits per heavy atom. The first-order valence-electron chi connectivity index (χ1n) is 10.9. The summed E-state index contributed by atoms with van der Waals surface area (Å²) in [4.78, 5) is 28.2. The second-order valence-corrected chi connectivity index (χ2v) is 8.54. The highest BCUT2D eigenvalue weighted by Crippen LogP contribution is 2.44. The van der Waals surface area contributed by atoms with Crippen molar-refractivity contribution in [3.8, 4) is 0 Å². The first-order valence-corrected chi connectivity index (χ1v) is 10.9. The summed E-state index contributed by atoms with van der Waals surface area (Å²) in [6.07, 6.45) is 12.0. The number of amides is 1. The van der Waals surface area contributed by atoms with Crippen LogP contribution in [0.2, 0.25) is 0 Å². The van der Waals surface area contributed by atoms with Crippen LogP contribution in [0, 0.1) is 11.8 Å². The van der Waals surface area contributed by atoms with Gasteiger partial charge in [0.15, 0.2) is 0 Å². The average Bonchev–Trinajstić information content (AvgIpc) is 3.29. The van der Waals surface area contributed by atoms with Crippen molar-refractivity contribution in [2.24, 2.45) is 11.8 Å². The molecule has 160 valence electrons. The molecule has 2 aliphatic rings. The largest absolute Gasteiger partial charge is 0.480 e. The number of carbonyl (C=O) groups is 2. The molecular weight excluding hydrogens is 370 g/mol. The molecule has 0 spiro atoms. The predicted molar refractivity (Wildman–Crippen MR) is 108 cm³/mol. The van der Waals surface area contributed by atoms with Gasteiger partial charge in [-0.1, -0.05) is 38.2 Å². The molecule has 1 aromatic rings. The molecule has 0 aliphatic heterocycles. The van der Waals surface area contributed by atoms with Crippen LogP contribution in [0.5, 0.6) is 0 Å². The van der Waals surface area contributed by atoms with Crippen molar-refractivity contribution in [2.45, 2.75) is 82.7 Å². The highest BCUT2D eigenvalue weighted by atomic mass is 16.5. The molecular formula is C22H33N3O4. The molecule has 7 nitrogen and oxygen atoms in total. The lowest BCUT2D eigenvalue weighted by molar-refractivity contribution is -0.152. The lowest BCUT2D eigenvalue weighted by Crippen LogP contribution is -2.62. The fourth-order valence-corrected chi connectivity index (χ4v) is 5.24. The molecule has 2 aliphatic carbocycles. The van der Waals surface area contributed by atoms with Crippen LogP contribution in [-0.2, 0) is 22.6 Å². The van der Waals surface area contributed by atoms with Crippen molar-refractivity contribution in [3.63, 3.8) is 0 Å². The molecule has 0 aromatic carbocycles. The van der Waals surface area contributed by atoms with E-state index in [-0.39, 0.29) is 18.3 Å². The number of nitrogens with zero attached hydrogens (tertiary/aromatic N) is 1. The summed E-state index contributed by atoms with van der Waals surface area (Å²) in [5.41, 5.74) is 2.48. The van der Waals surface area contributed by atoms with Gasteiger partial charge < -0.3 is 5.11 Å². The molecule has 1 heterocycles. The maximum atomic E-state index is 12.6. The molecule has 0 saturated heterocycles. The van der Waals surface area contributed by atoms with Gasteiger partial charge in [-0.3, -0.25) is 25.1 Å². The van der Waals surface area contributed by atoms with Gasteiger partial charge in [-0.05, 0) is 55.6 Å². The van der Waals surface area contributed by atoms with Crippen molar-refractivity contribution >= 4 is 11.9 Å². The van der Waals surface area contributed by atoms with Crippen molar-refractivity contribution in [1.29, 1.82) is 0 Å². The summed E-state index contributed by atoms with van der Waals surface area (Å²) in [6, 6.07) is 3.80. The number of pyridine rings is 1. The van der Waals surface area contributed by atoms with Crippen molar-refractivity contribution in [2.75, 3.05) is 0 Å². The molecule has 29 heavy (non-hydrogen) atoms. The fraction of sp³-hybridized carbons (Fsp3) is 0.682. The minimum atomic E-state index is -0.865. The van der Waals surface area contributed by atoms with E-state index in [2.05, 4.69) is 10.3 Å². The van der Waals surface area contributed by atoms with E-state index in [1.165, 1.54) is 6.42 Å². The first kappa shape index (κ1) is 21.7.